The van der Waals surface area contributed by atoms with E-state index in [9.17, 15) is 4.79 Å². The van der Waals surface area contributed by atoms with Crippen molar-refractivity contribution in [2.45, 2.75) is 31.6 Å². The van der Waals surface area contributed by atoms with Crippen LogP contribution in [-0.2, 0) is 11.4 Å². The number of ether oxygens (including phenoxy) is 1. The molecule has 3 aromatic rings. The lowest BCUT2D eigenvalue weighted by Gasteiger charge is -2.07. The first-order valence-corrected chi connectivity index (χ1v) is 10.6. The van der Waals surface area contributed by atoms with E-state index in [1.807, 2.05) is 24.3 Å². The molecule has 0 saturated carbocycles. The van der Waals surface area contributed by atoms with E-state index in [1.165, 1.54) is 5.56 Å². The van der Waals surface area contributed by atoms with Gasteiger partial charge in [0.05, 0.1) is 21.5 Å². The van der Waals surface area contributed by atoms with Crippen LogP contribution < -0.4 is 10.1 Å². The van der Waals surface area contributed by atoms with Gasteiger partial charge in [-0.05, 0) is 35.7 Å². The maximum Gasteiger partial charge on any atom is 0.277 e. The van der Waals surface area contributed by atoms with Crippen molar-refractivity contribution in [3.05, 3.63) is 64.0 Å². The van der Waals surface area contributed by atoms with E-state index >= 15 is 0 Å². The van der Waals surface area contributed by atoms with Crippen LogP contribution in [0.2, 0.25) is 10.0 Å². The van der Waals surface area contributed by atoms with Gasteiger partial charge in [-0.1, -0.05) is 67.0 Å². The third-order valence-electron chi connectivity index (χ3n) is 3.91. The second-order valence-electron chi connectivity index (χ2n) is 6.41. The molecule has 0 saturated heterocycles. The molecule has 0 bridgehead atoms. The fourth-order valence-electron chi connectivity index (χ4n) is 2.36. The van der Waals surface area contributed by atoms with Gasteiger partial charge in [0.25, 0.3) is 11.1 Å². The van der Waals surface area contributed by atoms with Gasteiger partial charge >= 0.3 is 0 Å². The Morgan fingerprint density at radius 1 is 1.17 bits per heavy atom. The molecule has 0 fully saturated rings. The standard InChI is InChI=1S/C20H19Cl2N3O3S/c1-12(2)13-6-8-14(9-7-13)27-10-18-24-25-20(28-18)29-11-17(26)23-16-5-3-4-15(21)19(16)22/h3-9,12H,10-11H2,1-2H3,(H,23,26). The summed E-state index contributed by atoms with van der Waals surface area (Å²) < 4.78 is 11.2. The molecule has 1 heterocycles. The molecule has 0 aliphatic heterocycles. The zero-order chi connectivity index (χ0) is 20.8. The Hall–Kier alpha value is -2.22. The molecular weight excluding hydrogens is 433 g/mol. The predicted molar refractivity (Wildman–Crippen MR) is 115 cm³/mol. The van der Waals surface area contributed by atoms with E-state index in [1.54, 1.807) is 18.2 Å². The van der Waals surface area contributed by atoms with Crippen LogP contribution in [0.3, 0.4) is 0 Å². The maximum atomic E-state index is 12.1. The number of thioether (sulfide) groups is 1. The van der Waals surface area contributed by atoms with Crippen LogP contribution in [0, 0.1) is 0 Å². The topological polar surface area (TPSA) is 77.2 Å². The van der Waals surface area contributed by atoms with Gasteiger partial charge in [-0.25, -0.2) is 0 Å². The normalized spacial score (nSPS) is 10.9. The smallest absolute Gasteiger partial charge is 0.277 e. The highest BCUT2D eigenvalue weighted by molar-refractivity contribution is 7.99. The lowest BCUT2D eigenvalue weighted by Crippen LogP contribution is -2.14. The molecule has 6 nitrogen and oxygen atoms in total. The van der Waals surface area contributed by atoms with Gasteiger partial charge in [0.15, 0.2) is 6.61 Å². The Balaban J connectivity index is 1.47. The highest BCUT2D eigenvalue weighted by atomic mass is 35.5. The highest BCUT2D eigenvalue weighted by Crippen LogP contribution is 2.29. The van der Waals surface area contributed by atoms with E-state index < -0.39 is 0 Å². The number of anilines is 1. The first-order valence-electron chi connectivity index (χ1n) is 8.84. The van der Waals surface area contributed by atoms with Crippen molar-refractivity contribution in [3.8, 4) is 5.75 Å². The number of hydrogen-bond acceptors (Lipinski definition) is 6. The van der Waals surface area contributed by atoms with Crippen LogP contribution in [0.25, 0.3) is 0 Å². The van der Waals surface area contributed by atoms with Gasteiger partial charge in [0.2, 0.25) is 5.91 Å². The molecule has 0 spiro atoms. The van der Waals surface area contributed by atoms with E-state index in [4.69, 9.17) is 32.4 Å². The van der Waals surface area contributed by atoms with Gasteiger partial charge in [0, 0.05) is 0 Å². The fraction of sp³-hybridized carbons (Fsp3) is 0.250. The number of carbonyl (C=O) groups excluding carboxylic acids is 1. The van der Waals surface area contributed by atoms with Gasteiger partial charge in [-0.3, -0.25) is 4.79 Å². The van der Waals surface area contributed by atoms with Crippen molar-refractivity contribution in [2.75, 3.05) is 11.1 Å². The number of hydrogen-bond donors (Lipinski definition) is 1. The molecule has 0 unspecified atom stereocenters. The number of amides is 1. The Morgan fingerprint density at radius 3 is 2.66 bits per heavy atom. The van der Waals surface area contributed by atoms with Crippen LogP contribution >= 0.6 is 35.0 Å². The third-order valence-corrected chi connectivity index (χ3v) is 5.55. The summed E-state index contributed by atoms with van der Waals surface area (Å²) >= 11 is 13.1. The number of nitrogens with one attached hydrogen (secondary N) is 1. The number of benzene rings is 2. The van der Waals surface area contributed by atoms with Crippen LogP contribution in [0.4, 0.5) is 5.69 Å². The number of carbonyl (C=O) groups is 1. The summed E-state index contributed by atoms with van der Waals surface area (Å²) in [7, 11) is 0. The van der Waals surface area contributed by atoms with Crippen LogP contribution in [-0.4, -0.2) is 21.9 Å². The minimum atomic E-state index is -0.264. The molecule has 0 radical (unpaired) electrons. The quantitative estimate of drug-likeness (QED) is 0.435. The van der Waals surface area contributed by atoms with E-state index in [-0.39, 0.29) is 23.5 Å². The first kappa shape index (κ1) is 21.5. The molecule has 1 amide bonds. The average Bonchev–Trinajstić information content (AvgIpc) is 3.16. The molecule has 1 aromatic heterocycles. The number of rotatable bonds is 8. The predicted octanol–water partition coefficient (Wildman–Crippen LogP) is 5.81. The summed E-state index contributed by atoms with van der Waals surface area (Å²) in [6.07, 6.45) is 0. The minimum absolute atomic E-state index is 0.0853. The van der Waals surface area contributed by atoms with Crippen molar-refractivity contribution in [1.82, 2.24) is 10.2 Å². The first-order chi connectivity index (χ1) is 13.9. The lowest BCUT2D eigenvalue weighted by molar-refractivity contribution is -0.113. The summed E-state index contributed by atoms with van der Waals surface area (Å²) in [5, 5.41) is 11.5. The summed E-state index contributed by atoms with van der Waals surface area (Å²) in [6, 6.07) is 12.9. The molecule has 3 rings (SSSR count). The molecule has 29 heavy (non-hydrogen) atoms. The summed E-state index contributed by atoms with van der Waals surface area (Å²) in [5.74, 6) is 1.34. The number of halogens is 2. The zero-order valence-electron chi connectivity index (χ0n) is 15.8. The van der Waals surface area contributed by atoms with Crippen LogP contribution in [0.15, 0.2) is 52.1 Å². The third kappa shape index (κ3) is 6.13. The molecule has 2 aromatic carbocycles. The SMILES string of the molecule is CC(C)c1ccc(OCc2nnc(SCC(=O)Nc3cccc(Cl)c3Cl)o2)cc1. The highest BCUT2D eigenvalue weighted by Gasteiger charge is 2.12. The molecule has 0 atom stereocenters. The lowest BCUT2D eigenvalue weighted by atomic mass is 10.0. The Labute approximate surface area is 182 Å². The average molecular weight is 452 g/mol. The fourth-order valence-corrected chi connectivity index (χ4v) is 3.29. The van der Waals surface area contributed by atoms with Crippen molar-refractivity contribution < 1.29 is 13.9 Å². The van der Waals surface area contributed by atoms with E-state index in [0.717, 1.165) is 17.5 Å². The second kappa shape index (κ2) is 10.0. The minimum Gasteiger partial charge on any atom is -0.484 e. The Kier molecular flexibility index (Phi) is 7.41. The Bertz CT molecular complexity index is 977. The van der Waals surface area contributed by atoms with Gasteiger partial charge < -0.3 is 14.5 Å². The summed E-state index contributed by atoms with van der Waals surface area (Å²) in [4.78, 5) is 12.1. The molecule has 0 aliphatic carbocycles. The molecule has 9 heteroatoms. The van der Waals surface area contributed by atoms with Gasteiger partial charge in [-0.15, -0.1) is 10.2 Å². The molecular formula is C20H19Cl2N3O3S. The monoisotopic (exact) mass is 451 g/mol. The van der Waals surface area contributed by atoms with E-state index in [0.29, 0.717) is 27.5 Å². The van der Waals surface area contributed by atoms with Crippen molar-refractivity contribution in [3.63, 3.8) is 0 Å². The molecule has 0 aliphatic rings. The Morgan fingerprint density at radius 2 is 1.93 bits per heavy atom. The number of nitrogens with zero attached hydrogens (tertiary/aromatic N) is 2. The van der Waals surface area contributed by atoms with Crippen LogP contribution in [0.5, 0.6) is 5.75 Å². The zero-order valence-corrected chi connectivity index (χ0v) is 18.1. The second-order valence-corrected chi connectivity index (χ2v) is 8.12. The summed E-state index contributed by atoms with van der Waals surface area (Å²) in [6.45, 7) is 4.42. The molecule has 152 valence electrons. The van der Waals surface area contributed by atoms with Crippen molar-refractivity contribution in [2.24, 2.45) is 0 Å². The largest absolute Gasteiger partial charge is 0.484 e. The van der Waals surface area contributed by atoms with Crippen molar-refractivity contribution >= 4 is 46.6 Å². The van der Waals surface area contributed by atoms with Crippen LogP contribution in [0.1, 0.15) is 31.2 Å². The molecule has 1 N–H and O–H groups in total. The maximum absolute atomic E-state index is 12.1. The number of aromatic nitrogens is 2. The van der Waals surface area contributed by atoms with Gasteiger partial charge in [0.1, 0.15) is 5.75 Å². The van der Waals surface area contributed by atoms with Crippen molar-refractivity contribution in [1.29, 1.82) is 0 Å². The van der Waals surface area contributed by atoms with Gasteiger partial charge in [-0.2, -0.15) is 0 Å². The van der Waals surface area contributed by atoms with E-state index in [2.05, 4.69) is 29.4 Å². The summed E-state index contributed by atoms with van der Waals surface area (Å²) in [5.41, 5.74) is 1.69.